The number of likely N-dealkylation sites (N-methyl/N-ethyl adjacent to an activating group) is 1. The van der Waals surface area contributed by atoms with Crippen LogP contribution in [0.3, 0.4) is 0 Å². The van der Waals surface area contributed by atoms with Gasteiger partial charge in [-0.2, -0.15) is 4.31 Å². The summed E-state index contributed by atoms with van der Waals surface area (Å²) in [6.45, 7) is 4.77. The van der Waals surface area contributed by atoms with Crippen LogP contribution in [-0.2, 0) is 16.4 Å². The third-order valence-corrected chi connectivity index (χ3v) is 5.04. The molecule has 1 fully saturated rings. The Bertz CT molecular complexity index is 497. The van der Waals surface area contributed by atoms with Crippen molar-refractivity contribution >= 4 is 10.0 Å². The van der Waals surface area contributed by atoms with Crippen LogP contribution in [0.1, 0.15) is 19.2 Å². The molecule has 0 amide bonds. The lowest BCUT2D eigenvalue weighted by molar-refractivity contribution is 0.347. The molecule has 0 radical (unpaired) electrons. The average Bonchev–Trinajstić information content (AvgIpc) is 2.72. The monoisotopic (exact) mass is 272 g/mol. The molecule has 1 aliphatic heterocycles. The number of H-pyrrole nitrogens is 1. The molecule has 0 bridgehead atoms. The van der Waals surface area contributed by atoms with Crippen molar-refractivity contribution in [2.24, 2.45) is 0 Å². The van der Waals surface area contributed by atoms with E-state index < -0.39 is 10.0 Å². The molecule has 1 aromatic heterocycles. The van der Waals surface area contributed by atoms with Crippen molar-refractivity contribution in [1.29, 1.82) is 0 Å². The van der Waals surface area contributed by atoms with E-state index in [1.807, 2.05) is 14.0 Å². The number of aryl methyl sites for hydroxylation is 1. The zero-order chi connectivity index (χ0) is 13.2. The molecule has 1 saturated heterocycles. The van der Waals surface area contributed by atoms with Gasteiger partial charge < -0.3 is 9.88 Å². The van der Waals surface area contributed by atoms with Crippen molar-refractivity contribution in [3.8, 4) is 0 Å². The molecule has 2 heterocycles. The molecule has 1 aromatic rings. The topological polar surface area (TPSA) is 69.3 Å². The Labute approximate surface area is 108 Å². The average molecular weight is 272 g/mol. The van der Waals surface area contributed by atoms with Gasteiger partial charge in [-0.3, -0.25) is 0 Å². The first kappa shape index (κ1) is 13.5. The van der Waals surface area contributed by atoms with Gasteiger partial charge in [-0.1, -0.05) is 6.92 Å². The van der Waals surface area contributed by atoms with E-state index in [2.05, 4.69) is 14.9 Å². The number of sulfonamides is 1. The third-order valence-electron chi connectivity index (χ3n) is 3.24. The van der Waals surface area contributed by atoms with Crippen LogP contribution in [0.5, 0.6) is 0 Å². The second-order valence-corrected chi connectivity index (χ2v) is 6.51. The maximum atomic E-state index is 12.4. The first-order valence-corrected chi connectivity index (χ1v) is 7.70. The van der Waals surface area contributed by atoms with E-state index >= 15 is 0 Å². The fourth-order valence-electron chi connectivity index (χ4n) is 2.06. The standard InChI is InChI=1S/C11H20N4O2S/c1-3-10-12-9-11(13-10)18(16,17)15-6-4-5-14(2)7-8-15/h9H,3-8H2,1-2H3,(H,12,13). The van der Waals surface area contributed by atoms with Gasteiger partial charge >= 0.3 is 0 Å². The highest BCUT2D eigenvalue weighted by atomic mass is 32.2. The summed E-state index contributed by atoms with van der Waals surface area (Å²) in [7, 11) is -1.39. The summed E-state index contributed by atoms with van der Waals surface area (Å²) >= 11 is 0. The summed E-state index contributed by atoms with van der Waals surface area (Å²) in [5.74, 6) is 0.709. The summed E-state index contributed by atoms with van der Waals surface area (Å²) in [5, 5.41) is 0.212. The van der Waals surface area contributed by atoms with Crippen LogP contribution >= 0.6 is 0 Å². The molecule has 18 heavy (non-hydrogen) atoms. The minimum atomic E-state index is -3.41. The zero-order valence-corrected chi connectivity index (χ0v) is 11.7. The van der Waals surface area contributed by atoms with Crippen molar-refractivity contribution in [3.63, 3.8) is 0 Å². The smallest absolute Gasteiger partial charge is 0.260 e. The maximum Gasteiger partial charge on any atom is 0.260 e. The van der Waals surface area contributed by atoms with Crippen LogP contribution < -0.4 is 0 Å². The third kappa shape index (κ3) is 2.73. The van der Waals surface area contributed by atoms with E-state index in [1.54, 1.807) is 4.31 Å². The van der Waals surface area contributed by atoms with E-state index in [0.29, 0.717) is 25.3 Å². The summed E-state index contributed by atoms with van der Waals surface area (Å²) in [5.41, 5.74) is 0. The SMILES string of the molecule is CCc1ncc(S(=O)(=O)N2CCCN(C)CC2)[nH]1. The summed E-state index contributed by atoms with van der Waals surface area (Å²) in [4.78, 5) is 9.09. The van der Waals surface area contributed by atoms with Crippen molar-refractivity contribution in [2.45, 2.75) is 24.8 Å². The lowest BCUT2D eigenvalue weighted by atomic mass is 10.4. The molecule has 1 N–H and O–H groups in total. The minimum Gasteiger partial charge on any atom is -0.332 e. The number of rotatable bonds is 3. The molecule has 0 unspecified atom stereocenters. The van der Waals surface area contributed by atoms with Crippen LogP contribution in [0, 0.1) is 0 Å². The molecule has 102 valence electrons. The number of hydrogen-bond acceptors (Lipinski definition) is 4. The van der Waals surface area contributed by atoms with E-state index in [1.165, 1.54) is 6.20 Å². The predicted octanol–water partition coefficient (Wildman–Crippen LogP) is 0.298. The van der Waals surface area contributed by atoms with Gasteiger partial charge in [-0.05, 0) is 20.0 Å². The van der Waals surface area contributed by atoms with E-state index in [0.717, 1.165) is 19.5 Å². The van der Waals surface area contributed by atoms with Crippen molar-refractivity contribution in [2.75, 3.05) is 33.2 Å². The number of imidazole rings is 1. The van der Waals surface area contributed by atoms with Gasteiger partial charge in [0.2, 0.25) is 0 Å². The minimum absolute atomic E-state index is 0.212. The quantitative estimate of drug-likeness (QED) is 0.859. The highest BCUT2D eigenvalue weighted by molar-refractivity contribution is 7.89. The molecular weight excluding hydrogens is 252 g/mol. The lowest BCUT2D eigenvalue weighted by Gasteiger charge is -2.18. The lowest BCUT2D eigenvalue weighted by Crippen LogP contribution is -2.34. The Morgan fingerprint density at radius 1 is 1.33 bits per heavy atom. The van der Waals surface area contributed by atoms with Gasteiger partial charge in [0.1, 0.15) is 5.82 Å². The highest BCUT2D eigenvalue weighted by Crippen LogP contribution is 2.15. The second kappa shape index (κ2) is 5.38. The predicted molar refractivity (Wildman–Crippen MR) is 68.8 cm³/mol. The molecule has 0 aromatic carbocycles. The number of aromatic nitrogens is 2. The van der Waals surface area contributed by atoms with Gasteiger partial charge in [0.15, 0.2) is 5.03 Å². The largest absolute Gasteiger partial charge is 0.332 e. The van der Waals surface area contributed by atoms with E-state index in [-0.39, 0.29) is 5.03 Å². The first-order valence-electron chi connectivity index (χ1n) is 6.26. The Balaban J connectivity index is 2.19. The fraction of sp³-hybridized carbons (Fsp3) is 0.727. The van der Waals surface area contributed by atoms with Gasteiger partial charge in [-0.15, -0.1) is 0 Å². The van der Waals surface area contributed by atoms with Gasteiger partial charge in [0.05, 0.1) is 6.20 Å². The molecule has 0 aliphatic carbocycles. The molecule has 7 heteroatoms. The number of nitrogens with zero attached hydrogens (tertiary/aromatic N) is 3. The van der Waals surface area contributed by atoms with Gasteiger partial charge in [0.25, 0.3) is 10.0 Å². The Hall–Kier alpha value is -0.920. The van der Waals surface area contributed by atoms with Crippen LogP contribution in [0.25, 0.3) is 0 Å². The number of hydrogen-bond donors (Lipinski definition) is 1. The van der Waals surface area contributed by atoms with Crippen LogP contribution in [0.2, 0.25) is 0 Å². The van der Waals surface area contributed by atoms with Crippen LogP contribution in [0.15, 0.2) is 11.2 Å². The van der Waals surface area contributed by atoms with Crippen molar-refractivity contribution in [3.05, 3.63) is 12.0 Å². The highest BCUT2D eigenvalue weighted by Gasteiger charge is 2.27. The first-order chi connectivity index (χ1) is 8.54. The molecular formula is C11H20N4O2S. The number of aromatic amines is 1. The van der Waals surface area contributed by atoms with Crippen molar-refractivity contribution < 1.29 is 8.42 Å². The second-order valence-electron chi connectivity index (χ2n) is 4.61. The molecule has 6 nitrogen and oxygen atoms in total. The Kier molecular flexibility index (Phi) is 4.04. The zero-order valence-electron chi connectivity index (χ0n) is 10.9. The van der Waals surface area contributed by atoms with Crippen LogP contribution in [0.4, 0.5) is 0 Å². The van der Waals surface area contributed by atoms with Gasteiger partial charge in [0, 0.05) is 26.1 Å². The Morgan fingerprint density at radius 3 is 2.78 bits per heavy atom. The van der Waals surface area contributed by atoms with Crippen LogP contribution in [-0.4, -0.2) is 60.8 Å². The molecule has 0 saturated carbocycles. The molecule has 2 rings (SSSR count). The molecule has 1 aliphatic rings. The normalized spacial score (nSPS) is 19.9. The summed E-state index contributed by atoms with van der Waals surface area (Å²) < 4.78 is 26.4. The maximum absolute atomic E-state index is 12.4. The molecule has 0 atom stereocenters. The van der Waals surface area contributed by atoms with Gasteiger partial charge in [-0.25, -0.2) is 13.4 Å². The fourth-order valence-corrected chi connectivity index (χ4v) is 3.46. The summed E-state index contributed by atoms with van der Waals surface area (Å²) in [6, 6.07) is 0. The van der Waals surface area contributed by atoms with E-state index in [4.69, 9.17) is 0 Å². The summed E-state index contributed by atoms with van der Waals surface area (Å²) in [6.07, 6.45) is 2.99. The number of nitrogens with one attached hydrogen (secondary N) is 1. The Morgan fingerprint density at radius 2 is 2.11 bits per heavy atom. The van der Waals surface area contributed by atoms with E-state index in [9.17, 15) is 8.42 Å². The molecule has 0 spiro atoms. The van der Waals surface area contributed by atoms with Crippen molar-refractivity contribution in [1.82, 2.24) is 19.2 Å².